The van der Waals surface area contributed by atoms with E-state index in [1.807, 2.05) is 6.92 Å². The standard InChI is InChI=1S/C13H13FO2/c1-3-4-9(2)10-7-12-13(8-11(10)14)16-6-5-15-12/h1,7-9H,4-6H2,2H3. The summed E-state index contributed by atoms with van der Waals surface area (Å²) in [5.74, 6) is 3.31. The van der Waals surface area contributed by atoms with Crippen LogP contribution in [-0.4, -0.2) is 13.2 Å². The first kappa shape index (κ1) is 10.8. The third-order valence-corrected chi connectivity index (χ3v) is 2.62. The summed E-state index contributed by atoms with van der Waals surface area (Å²) in [4.78, 5) is 0. The number of halogens is 1. The molecule has 0 aromatic heterocycles. The van der Waals surface area contributed by atoms with Crippen LogP contribution in [0.3, 0.4) is 0 Å². The smallest absolute Gasteiger partial charge is 0.164 e. The molecule has 0 bridgehead atoms. The predicted octanol–water partition coefficient (Wildman–Crippen LogP) is 2.72. The molecule has 1 heterocycles. The number of terminal acetylenes is 1. The Labute approximate surface area is 94.4 Å². The molecular formula is C13H13FO2. The number of ether oxygens (including phenoxy) is 2. The number of hydrogen-bond donors (Lipinski definition) is 0. The molecular weight excluding hydrogens is 207 g/mol. The van der Waals surface area contributed by atoms with E-state index in [-0.39, 0.29) is 11.7 Å². The molecule has 0 radical (unpaired) electrons. The van der Waals surface area contributed by atoms with Gasteiger partial charge in [-0.3, -0.25) is 0 Å². The van der Waals surface area contributed by atoms with Crippen LogP contribution in [0.1, 0.15) is 24.8 Å². The maximum Gasteiger partial charge on any atom is 0.164 e. The SMILES string of the molecule is C#CCC(C)c1cc2c(cc1F)OCCO2. The van der Waals surface area contributed by atoms with Crippen LogP contribution in [0.25, 0.3) is 0 Å². The Bertz CT molecular complexity index is 434. The highest BCUT2D eigenvalue weighted by Gasteiger charge is 2.18. The summed E-state index contributed by atoms with van der Waals surface area (Å²) in [7, 11) is 0. The molecule has 1 atom stereocenters. The topological polar surface area (TPSA) is 18.5 Å². The van der Waals surface area contributed by atoms with Gasteiger partial charge >= 0.3 is 0 Å². The Kier molecular flexibility index (Phi) is 3.00. The molecule has 3 heteroatoms. The fraction of sp³-hybridized carbons (Fsp3) is 0.385. The van der Waals surface area contributed by atoms with Gasteiger partial charge in [-0.05, 0) is 17.5 Å². The normalized spacial score (nSPS) is 15.3. The van der Waals surface area contributed by atoms with Gasteiger partial charge < -0.3 is 9.47 Å². The van der Waals surface area contributed by atoms with Crippen molar-refractivity contribution in [3.8, 4) is 23.8 Å². The molecule has 0 saturated carbocycles. The van der Waals surface area contributed by atoms with Gasteiger partial charge in [0.25, 0.3) is 0 Å². The summed E-state index contributed by atoms with van der Waals surface area (Å²) in [5, 5.41) is 0. The van der Waals surface area contributed by atoms with Crippen molar-refractivity contribution in [2.45, 2.75) is 19.3 Å². The average molecular weight is 220 g/mol. The number of fused-ring (bicyclic) bond motifs is 1. The molecule has 2 nitrogen and oxygen atoms in total. The Morgan fingerprint density at radius 2 is 2.00 bits per heavy atom. The second-order valence-corrected chi connectivity index (χ2v) is 3.83. The molecule has 1 aromatic rings. The molecule has 0 spiro atoms. The highest BCUT2D eigenvalue weighted by molar-refractivity contribution is 5.45. The molecule has 2 rings (SSSR count). The van der Waals surface area contributed by atoms with Gasteiger partial charge in [0.15, 0.2) is 11.5 Å². The third kappa shape index (κ3) is 1.96. The van der Waals surface area contributed by atoms with Gasteiger partial charge in [-0.2, -0.15) is 0 Å². The lowest BCUT2D eigenvalue weighted by molar-refractivity contribution is 0.170. The van der Waals surface area contributed by atoms with Gasteiger partial charge in [0, 0.05) is 12.5 Å². The van der Waals surface area contributed by atoms with Crippen LogP contribution in [0.15, 0.2) is 12.1 Å². The molecule has 0 N–H and O–H groups in total. The van der Waals surface area contributed by atoms with Crippen molar-refractivity contribution in [2.75, 3.05) is 13.2 Å². The molecule has 0 aliphatic carbocycles. The highest BCUT2D eigenvalue weighted by atomic mass is 19.1. The van der Waals surface area contributed by atoms with E-state index in [1.165, 1.54) is 6.07 Å². The molecule has 84 valence electrons. The van der Waals surface area contributed by atoms with Crippen LogP contribution in [-0.2, 0) is 0 Å². The largest absolute Gasteiger partial charge is 0.486 e. The molecule has 0 amide bonds. The van der Waals surface area contributed by atoms with E-state index in [0.717, 1.165) is 0 Å². The fourth-order valence-electron chi connectivity index (χ4n) is 1.74. The summed E-state index contributed by atoms with van der Waals surface area (Å²) >= 11 is 0. The van der Waals surface area contributed by atoms with E-state index >= 15 is 0 Å². The summed E-state index contributed by atoms with van der Waals surface area (Å²) in [5.41, 5.74) is 0.585. The van der Waals surface area contributed by atoms with Gasteiger partial charge in [0.05, 0.1) is 0 Å². The van der Waals surface area contributed by atoms with E-state index in [4.69, 9.17) is 15.9 Å². The number of rotatable bonds is 2. The lowest BCUT2D eigenvalue weighted by Gasteiger charge is -2.20. The van der Waals surface area contributed by atoms with E-state index in [2.05, 4.69) is 5.92 Å². The van der Waals surface area contributed by atoms with Crippen LogP contribution >= 0.6 is 0 Å². The first-order valence-corrected chi connectivity index (χ1v) is 5.25. The van der Waals surface area contributed by atoms with Crippen molar-refractivity contribution in [3.05, 3.63) is 23.5 Å². The van der Waals surface area contributed by atoms with Crippen LogP contribution in [0.2, 0.25) is 0 Å². The summed E-state index contributed by atoms with van der Waals surface area (Å²) in [6, 6.07) is 3.06. The van der Waals surface area contributed by atoms with Crippen LogP contribution < -0.4 is 9.47 Å². The van der Waals surface area contributed by atoms with Gasteiger partial charge in [-0.15, -0.1) is 12.3 Å². The average Bonchev–Trinajstić information content (AvgIpc) is 2.28. The molecule has 1 aromatic carbocycles. The Morgan fingerprint density at radius 3 is 2.62 bits per heavy atom. The zero-order valence-corrected chi connectivity index (χ0v) is 9.13. The Balaban J connectivity index is 2.36. The van der Waals surface area contributed by atoms with Gasteiger partial charge in [0.2, 0.25) is 0 Å². The predicted molar refractivity (Wildman–Crippen MR) is 59.3 cm³/mol. The van der Waals surface area contributed by atoms with Gasteiger partial charge in [-0.1, -0.05) is 6.92 Å². The van der Waals surface area contributed by atoms with Crippen LogP contribution in [0.4, 0.5) is 4.39 Å². The summed E-state index contributed by atoms with van der Waals surface area (Å²) in [6.45, 7) is 2.86. The highest BCUT2D eigenvalue weighted by Crippen LogP contribution is 2.35. The van der Waals surface area contributed by atoms with Gasteiger partial charge in [0.1, 0.15) is 19.0 Å². The third-order valence-electron chi connectivity index (χ3n) is 2.62. The van der Waals surface area contributed by atoms with Gasteiger partial charge in [-0.25, -0.2) is 4.39 Å². The summed E-state index contributed by atoms with van der Waals surface area (Å²) < 4.78 is 24.4. The summed E-state index contributed by atoms with van der Waals surface area (Å²) in [6.07, 6.45) is 5.74. The van der Waals surface area contributed by atoms with E-state index in [1.54, 1.807) is 6.07 Å². The van der Waals surface area contributed by atoms with E-state index in [0.29, 0.717) is 36.7 Å². The van der Waals surface area contributed by atoms with Crippen molar-refractivity contribution in [1.29, 1.82) is 0 Å². The quantitative estimate of drug-likeness (QED) is 0.713. The maximum absolute atomic E-state index is 13.7. The Hall–Kier alpha value is -1.69. The maximum atomic E-state index is 13.7. The van der Waals surface area contributed by atoms with Crippen molar-refractivity contribution >= 4 is 0 Å². The molecule has 16 heavy (non-hydrogen) atoms. The van der Waals surface area contributed by atoms with Crippen molar-refractivity contribution in [3.63, 3.8) is 0 Å². The molecule has 1 aliphatic rings. The first-order chi connectivity index (χ1) is 7.72. The monoisotopic (exact) mass is 220 g/mol. The second-order valence-electron chi connectivity index (χ2n) is 3.83. The zero-order valence-electron chi connectivity index (χ0n) is 9.13. The number of hydrogen-bond acceptors (Lipinski definition) is 2. The molecule has 1 aliphatic heterocycles. The van der Waals surface area contributed by atoms with Crippen molar-refractivity contribution in [1.82, 2.24) is 0 Å². The molecule has 0 saturated heterocycles. The molecule has 0 fully saturated rings. The van der Waals surface area contributed by atoms with E-state index in [9.17, 15) is 4.39 Å². The Morgan fingerprint density at radius 1 is 1.38 bits per heavy atom. The minimum atomic E-state index is -0.285. The zero-order chi connectivity index (χ0) is 11.5. The fourth-order valence-corrected chi connectivity index (χ4v) is 1.74. The lowest BCUT2D eigenvalue weighted by atomic mass is 9.97. The lowest BCUT2D eigenvalue weighted by Crippen LogP contribution is -2.16. The first-order valence-electron chi connectivity index (χ1n) is 5.25. The van der Waals surface area contributed by atoms with E-state index < -0.39 is 0 Å². The minimum absolute atomic E-state index is 0.0131. The van der Waals surface area contributed by atoms with Crippen molar-refractivity contribution in [2.24, 2.45) is 0 Å². The van der Waals surface area contributed by atoms with Crippen LogP contribution in [0.5, 0.6) is 11.5 Å². The van der Waals surface area contributed by atoms with Crippen LogP contribution in [0, 0.1) is 18.2 Å². The molecule has 1 unspecified atom stereocenters. The second kappa shape index (κ2) is 4.44. The minimum Gasteiger partial charge on any atom is -0.486 e. The van der Waals surface area contributed by atoms with Crippen molar-refractivity contribution < 1.29 is 13.9 Å². The number of benzene rings is 1.